The zero-order valence-corrected chi connectivity index (χ0v) is 15.4. The molecule has 0 aromatic heterocycles. The molecule has 0 aliphatic rings. The van der Waals surface area contributed by atoms with Crippen molar-refractivity contribution in [1.82, 2.24) is 0 Å². The predicted molar refractivity (Wildman–Crippen MR) is 93.5 cm³/mol. The van der Waals surface area contributed by atoms with Crippen molar-refractivity contribution < 1.29 is 19.1 Å². The van der Waals surface area contributed by atoms with Crippen LogP contribution in [0.25, 0.3) is 0 Å². The van der Waals surface area contributed by atoms with Gasteiger partial charge in [-0.05, 0) is 18.9 Å². The molecule has 23 heavy (non-hydrogen) atoms. The number of ketones is 1. The molecule has 0 bridgehead atoms. The molecule has 4 nitrogen and oxygen atoms in total. The van der Waals surface area contributed by atoms with Crippen molar-refractivity contribution in [3.8, 4) is 0 Å². The normalized spacial score (nSPS) is 13.3. The zero-order chi connectivity index (χ0) is 17.1. The lowest BCUT2D eigenvalue weighted by Crippen LogP contribution is -2.27. The van der Waals surface area contributed by atoms with Gasteiger partial charge in [-0.25, -0.2) is 0 Å². The van der Waals surface area contributed by atoms with Crippen LogP contribution in [0.2, 0.25) is 0 Å². The number of benzene rings is 1. The van der Waals surface area contributed by atoms with Gasteiger partial charge >= 0.3 is 5.97 Å². The van der Waals surface area contributed by atoms with Crippen molar-refractivity contribution in [2.24, 2.45) is 0 Å². The molecule has 0 aliphatic heterocycles. The Bertz CT molecular complexity index is 475. The van der Waals surface area contributed by atoms with Crippen LogP contribution in [0.1, 0.15) is 45.1 Å². The van der Waals surface area contributed by atoms with E-state index in [1.165, 1.54) is 6.92 Å². The summed E-state index contributed by atoms with van der Waals surface area (Å²) < 4.78 is 11.3. The topological polar surface area (TPSA) is 52.6 Å². The second-order valence-electron chi connectivity index (χ2n) is 5.59. The van der Waals surface area contributed by atoms with Gasteiger partial charge in [0.25, 0.3) is 0 Å². The predicted octanol–water partition coefficient (Wildman–Crippen LogP) is 4.05. The summed E-state index contributed by atoms with van der Waals surface area (Å²) in [6, 6.07) is 9.95. The van der Waals surface area contributed by atoms with Crippen molar-refractivity contribution in [3.05, 3.63) is 35.9 Å². The molecule has 0 aliphatic carbocycles. The number of Topliss-reactive ketones (excluding diaryl/α,β-unsaturated/α-hetero) is 1. The van der Waals surface area contributed by atoms with Crippen LogP contribution in [0, 0.1) is 0 Å². The molecule has 1 aromatic rings. The molecule has 0 saturated heterocycles. The second-order valence-corrected chi connectivity index (χ2v) is 6.16. The number of esters is 1. The van der Waals surface area contributed by atoms with E-state index in [4.69, 9.17) is 9.47 Å². The van der Waals surface area contributed by atoms with Crippen molar-refractivity contribution in [2.45, 2.75) is 58.3 Å². The number of halogens is 1. The van der Waals surface area contributed by atoms with E-state index in [-0.39, 0.29) is 29.6 Å². The quantitative estimate of drug-likeness (QED) is 0.426. The first-order valence-corrected chi connectivity index (χ1v) is 9.07. The Morgan fingerprint density at radius 2 is 1.87 bits per heavy atom. The van der Waals surface area contributed by atoms with Crippen LogP contribution in [0.3, 0.4) is 0 Å². The largest absolute Gasteiger partial charge is 0.461 e. The third kappa shape index (κ3) is 8.86. The SMILES string of the molecule is CCC[C@H](C[C@@H](CC(C)=O)OC(=O)CBr)OCc1ccccc1. The summed E-state index contributed by atoms with van der Waals surface area (Å²) in [4.78, 5) is 22.9. The summed E-state index contributed by atoms with van der Waals surface area (Å²) in [7, 11) is 0. The Kier molecular flexibility index (Phi) is 9.80. The summed E-state index contributed by atoms with van der Waals surface area (Å²) in [5.74, 6) is -0.342. The fourth-order valence-corrected chi connectivity index (χ4v) is 2.52. The van der Waals surface area contributed by atoms with Gasteiger partial charge in [-0.1, -0.05) is 59.6 Å². The Morgan fingerprint density at radius 1 is 1.17 bits per heavy atom. The first-order valence-electron chi connectivity index (χ1n) is 7.95. The lowest BCUT2D eigenvalue weighted by Gasteiger charge is -2.23. The molecule has 0 N–H and O–H groups in total. The summed E-state index contributed by atoms with van der Waals surface area (Å²) in [6.45, 7) is 4.11. The third-order valence-electron chi connectivity index (χ3n) is 3.39. The van der Waals surface area contributed by atoms with E-state index in [1.54, 1.807) is 0 Å². The molecule has 128 valence electrons. The van der Waals surface area contributed by atoms with Crippen LogP contribution >= 0.6 is 15.9 Å². The molecule has 0 spiro atoms. The molecule has 0 saturated carbocycles. The minimum atomic E-state index is -0.426. The van der Waals surface area contributed by atoms with Gasteiger partial charge in [0.1, 0.15) is 17.2 Å². The maximum Gasteiger partial charge on any atom is 0.316 e. The molecule has 0 heterocycles. The van der Waals surface area contributed by atoms with E-state index in [9.17, 15) is 9.59 Å². The Morgan fingerprint density at radius 3 is 2.43 bits per heavy atom. The van der Waals surface area contributed by atoms with Crippen LogP contribution in [-0.2, 0) is 25.7 Å². The Balaban J connectivity index is 2.61. The maximum absolute atomic E-state index is 11.5. The number of rotatable bonds is 11. The van der Waals surface area contributed by atoms with Crippen LogP contribution in [-0.4, -0.2) is 29.3 Å². The van der Waals surface area contributed by atoms with Gasteiger partial charge < -0.3 is 9.47 Å². The molecular formula is C18H25BrO4. The summed E-state index contributed by atoms with van der Waals surface area (Å²) in [5, 5.41) is 0.130. The summed E-state index contributed by atoms with van der Waals surface area (Å²) in [6.07, 6.45) is 2.15. The van der Waals surface area contributed by atoms with Crippen molar-refractivity contribution in [2.75, 3.05) is 5.33 Å². The second kappa shape index (κ2) is 11.4. The van der Waals surface area contributed by atoms with Crippen molar-refractivity contribution in [3.63, 3.8) is 0 Å². The van der Waals surface area contributed by atoms with E-state index in [2.05, 4.69) is 22.9 Å². The number of hydrogen-bond acceptors (Lipinski definition) is 4. The molecule has 0 radical (unpaired) electrons. The van der Waals surface area contributed by atoms with Gasteiger partial charge in [0.05, 0.1) is 12.7 Å². The number of carbonyl (C=O) groups excluding carboxylic acids is 2. The van der Waals surface area contributed by atoms with Gasteiger partial charge in [0.2, 0.25) is 0 Å². The standard InChI is InChI=1S/C18H25BrO4/c1-3-7-16(22-13-15-8-5-4-6-9-15)11-17(10-14(2)20)23-18(21)12-19/h4-6,8-9,16-17H,3,7,10-13H2,1-2H3/t16-,17-/m1/s1. The van der Waals surface area contributed by atoms with E-state index in [0.717, 1.165) is 18.4 Å². The van der Waals surface area contributed by atoms with E-state index < -0.39 is 6.10 Å². The number of carbonyl (C=O) groups is 2. The number of alkyl halides is 1. The third-order valence-corrected chi connectivity index (χ3v) is 3.85. The highest BCUT2D eigenvalue weighted by molar-refractivity contribution is 9.09. The average Bonchev–Trinajstić information content (AvgIpc) is 2.53. The Labute approximate surface area is 146 Å². The smallest absolute Gasteiger partial charge is 0.316 e. The highest BCUT2D eigenvalue weighted by Crippen LogP contribution is 2.17. The van der Waals surface area contributed by atoms with Gasteiger partial charge in [0.15, 0.2) is 0 Å². The Hall–Kier alpha value is -1.20. The van der Waals surface area contributed by atoms with Crippen molar-refractivity contribution >= 4 is 27.7 Å². The first-order chi connectivity index (χ1) is 11.0. The zero-order valence-electron chi connectivity index (χ0n) is 13.8. The number of ether oxygens (including phenoxy) is 2. The molecular weight excluding hydrogens is 360 g/mol. The molecule has 1 rings (SSSR count). The lowest BCUT2D eigenvalue weighted by molar-refractivity contribution is -0.149. The van der Waals surface area contributed by atoms with Crippen molar-refractivity contribution in [1.29, 1.82) is 0 Å². The van der Waals surface area contributed by atoms with Crippen LogP contribution in [0.4, 0.5) is 0 Å². The molecule has 0 fully saturated rings. The fraction of sp³-hybridized carbons (Fsp3) is 0.556. The lowest BCUT2D eigenvalue weighted by atomic mass is 10.0. The molecule has 2 atom stereocenters. The minimum absolute atomic E-state index is 0.00989. The first kappa shape index (κ1) is 19.8. The van der Waals surface area contributed by atoms with E-state index in [0.29, 0.717) is 13.0 Å². The molecule has 5 heteroatoms. The molecule has 0 amide bonds. The molecule has 0 unspecified atom stereocenters. The average molecular weight is 385 g/mol. The monoisotopic (exact) mass is 384 g/mol. The molecule has 1 aromatic carbocycles. The van der Waals surface area contributed by atoms with Gasteiger partial charge in [-0.2, -0.15) is 0 Å². The highest BCUT2D eigenvalue weighted by atomic mass is 79.9. The van der Waals surface area contributed by atoms with Crippen LogP contribution in [0.15, 0.2) is 30.3 Å². The fourth-order valence-electron chi connectivity index (χ4n) is 2.38. The summed E-state index contributed by atoms with van der Waals surface area (Å²) >= 11 is 3.08. The summed E-state index contributed by atoms with van der Waals surface area (Å²) in [5.41, 5.74) is 1.11. The minimum Gasteiger partial charge on any atom is -0.461 e. The maximum atomic E-state index is 11.5. The van der Waals surface area contributed by atoms with Crippen LogP contribution < -0.4 is 0 Å². The number of hydrogen-bond donors (Lipinski definition) is 0. The van der Waals surface area contributed by atoms with Gasteiger partial charge in [0, 0.05) is 12.8 Å². The highest BCUT2D eigenvalue weighted by Gasteiger charge is 2.21. The van der Waals surface area contributed by atoms with Gasteiger partial charge in [-0.15, -0.1) is 0 Å². The van der Waals surface area contributed by atoms with Gasteiger partial charge in [-0.3, -0.25) is 9.59 Å². The van der Waals surface area contributed by atoms with Crippen LogP contribution in [0.5, 0.6) is 0 Å². The van der Waals surface area contributed by atoms with E-state index in [1.807, 2.05) is 30.3 Å². The van der Waals surface area contributed by atoms with E-state index >= 15 is 0 Å².